The van der Waals surface area contributed by atoms with Gasteiger partial charge in [0.2, 0.25) is 9.84 Å². The lowest BCUT2D eigenvalue weighted by atomic mass is 9.99. The fraction of sp³-hybridized carbons (Fsp3) is 0.281. The van der Waals surface area contributed by atoms with Crippen LogP contribution in [0.4, 0.5) is 5.82 Å². The van der Waals surface area contributed by atoms with Crippen LogP contribution >= 0.6 is 11.6 Å². The normalized spacial score (nSPS) is 12.6. The van der Waals surface area contributed by atoms with Gasteiger partial charge in [-0.3, -0.25) is 4.79 Å². The van der Waals surface area contributed by atoms with Gasteiger partial charge in [0.05, 0.1) is 15.9 Å². The standard InChI is InChI=1S/C32H33ClN4O3S/c1-4-6-9-22(5-2)20-37-30-28(34-26-10-7-8-11-27(26)35-30)29(41(39,40)25-18-12-21(3)13-19-25)31(37)36-32(38)23-14-16-24(33)17-15-23/h7-8,10-19,22H,4-6,9,20H2,1-3H3,(H,36,38)/t22-/m0/s1. The molecule has 41 heavy (non-hydrogen) atoms. The molecule has 3 aromatic carbocycles. The van der Waals surface area contributed by atoms with E-state index in [1.54, 1.807) is 48.5 Å². The van der Waals surface area contributed by atoms with Gasteiger partial charge < -0.3 is 9.88 Å². The largest absolute Gasteiger partial charge is 0.309 e. The van der Waals surface area contributed by atoms with E-state index in [9.17, 15) is 13.2 Å². The summed E-state index contributed by atoms with van der Waals surface area (Å²) in [5, 5.41) is 3.45. The number of aryl methyl sites for hydroxylation is 1. The molecule has 1 amide bonds. The van der Waals surface area contributed by atoms with Gasteiger partial charge in [0.1, 0.15) is 16.2 Å². The van der Waals surface area contributed by atoms with Crippen molar-refractivity contribution in [2.45, 2.75) is 62.8 Å². The predicted molar refractivity (Wildman–Crippen MR) is 164 cm³/mol. The summed E-state index contributed by atoms with van der Waals surface area (Å²) in [4.78, 5) is 23.4. The molecule has 0 unspecified atom stereocenters. The minimum absolute atomic E-state index is 0.0535. The molecule has 2 aromatic heterocycles. The zero-order valence-corrected chi connectivity index (χ0v) is 25.0. The van der Waals surface area contributed by atoms with E-state index in [2.05, 4.69) is 19.2 Å². The zero-order chi connectivity index (χ0) is 29.1. The summed E-state index contributed by atoms with van der Waals surface area (Å²) in [5.41, 5.74) is 3.18. The fourth-order valence-corrected chi connectivity index (χ4v) is 6.68. The Kier molecular flexibility index (Phi) is 8.42. The minimum atomic E-state index is -4.11. The third-order valence-corrected chi connectivity index (χ3v) is 9.50. The fourth-order valence-electron chi connectivity index (χ4n) is 5.02. The minimum Gasteiger partial charge on any atom is -0.309 e. The van der Waals surface area contributed by atoms with Crippen molar-refractivity contribution in [3.8, 4) is 0 Å². The van der Waals surface area contributed by atoms with E-state index < -0.39 is 15.7 Å². The number of carbonyl (C=O) groups is 1. The number of hydrogen-bond acceptors (Lipinski definition) is 5. The molecule has 0 fully saturated rings. The number of nitrogens with one attached hydrogen (secondary N) is 1. The number of rotatable bonds is 10. The van der Waals surface area contributed by atoms with Crippen LogP contribution in [0, 0.1) is 12.8 Å². The lowest BCUT2D eigenvalue weighted by Crippen LogP contribution is -2.20. The number of benzene rings is 3. The SMILES string of the molecule is CCCC[C@H](CC)Cn1c(NC(=O)c2ccc(Cl)cc2)c(S(=O)(=O)c2ccc(C)cc2)c2nc3ccccc3nc21. The Bertz CT molecular complexity index is 1810. The maximum absolute atomic E-state index is 14.4. The lowest BCUT2D eigenvalue weighted by Gasteiger charge is -2.19. The topological polar surface area (TPSA) is 94.0 Å². The summed E-state index contributed by atoms with van der Waals surface area (Å²) >= 11 is 6.05. The van der Waals surface area contributed by atoms with Gasteiger partial charge in [-0.1, -0.05) is 74.5 Å². The van der Waals surface area contributed by atoms with Crippen LogP contribution in [0.5, 0.6) is 0 Å². The number of amides is 1. The first-order valence-electron chi connectivity index (χ1n) is 13.9. The predicted octanol–water partition coefficient (Wildman–Crippen LogP) is 7.85. The number of hydrogen-bond donors (Lipinski definition) is 1. The number of unbranched alkanes of at least 4 members (excludes halogenated alkanes) is 1. The molecule has 0 aliphatic carbocycles. The lowest BCUT2D eigenvalue weighted by molar-refractivity contribution is 0.102. The molecule has 212 valence electrons. The van der Waals surface area contributed by atoms with Crippen molar-refractivity contribution in [3.63, 3.8) is 0 Å². The highest BCUT2D eigenvalue weighted by Gasteiger charge is 2.33. The molecule has 0 aliphatic rings. The first-order chi connectivity index (χ1) is 19.7. The number of fused-ring (bicyclic) bond motifs is 2. The zero-order valence-electron chi connectivity index (χ0n) is 23.4. The van der Waals surface area contributed by atoms with E-state index in [0.717, 1.165) is 31.2 Å². The second kappa shape index (κ2) is 12.0. The van der Waals surface area contributed by atoms with Crippen molar-refractivity contribution in [2.24, 2.45) is 5.92 Å². The van der Waals surface area contributed by atoms with Crippen molar-refractivity contribution < 1.29 is 13.2 Å². The Labute approximate surface area is 245 Å². The van der Waals surface area contributed by atoms with Gasteiger partial charge in [0, 0.05) is 17.1 Å². The molecule has 0 spiro atoms. The number of nitrogens with zero attached hydrogens (tertiary/aromatic N) is 3. The molecule has 5 aromatic rings. The summed E-state index contributed by atoms with van der Waals surface area (Å²) in [6.07, 6.45) is 3.97. The third kappa shape index (κ3) is 5.85. The smallest absolute Gasteiger partial charge is 0.256 e. The van der Waals surface area contributed by atoms with Crippen LogP contribution in [-0.4, -0.2) is 28.9 Å². The third-order valence-electron chi connectivity index (χ3n) is 7.43. The van der Waals surface area contributed by atoms with Crippen LogP contribution in [0.1, 0.15) is 55.5 Å². The molecule has 2 heterocycles. The summed E-state index contributed by atoms with van der Waals surface area (Å²) in [6, 6.07) is 20.6. The molecule has 0 bridgehead atoms. The first kappa shape index (κ1) is 28.8. The van der Waals surface area contributed by atoms with Crippen LogP contribution < -0.4 is 5.32 Å². The van der Waals surface area contributed by atoms with Gasteiger partial charge >= 0.3 is 0 Å². The van der Waals surface area contributed by atoms with Crippen LogP contribution in [0.15, 0.2) is 82.6 Å². The summed E-state index contributed by atoms with van der Waals surface area (Å²) in [7, 11) is -4.11. The Morgan fingerprint density at radius 1 is 0.951 bits per heavy atom. The number of halogens is 1. The quantitative estimate of drug-likeness (QED) is 0.179. The highest BCUT2D eigenvalue weighted by atomic mass is 35.5. The second-order valence-electron chi connectivity index (χ2n) is 10.4. The van der Waals surface area contributed by atoms with E-state index in [1.807, 2.05) is 35.8 Å². The van der Waals surface area contributed by atoms with Crippen LogP contribution in [0.3, 0.4) is 0 Å². The maximum atomic E-state index is 14.4. The molecule has 1 N–H and O–H groups in total. The van der Waals surface area contributed by atoms with E-state index in [-0.39, 0.29) is 27.0 Å². The average molecular weight is 589 g/mol. The Balaban J connectivity index is 1.80. The maximum Gasteiger partial charge on any atom is 0.256 e. The number of para-hydroxylation sites is 2. The number of aromatic nitrogens is 3. The van der Waals surface area contributed by atoms with Gasteiger partial charge in [-0.2, -0.15) is 0 Å². The number of anilines is 1. The molecule has 0 radical (unpaired) electrons. The van der Waals surface area contributed by atoms with Crippen molar-refractivity contribution in [3.05, 3.63) is 88.9 Å². The Morgan fingerprint density at radius 3 is 2.24 bits per heavy atom. The molecule has 0 saturated heterocycles. The van der Waals surface area contributed by atoms with Crippen molar-refractivity contribution in [1.82, 2.24) is 14.5 Å². The highest BCUT2D eigenvalue weighted by Crippen LogP contribution is 2.38. The van der Waals surface area contributed by atoms with Gasteiger partial charge in [0.25, 0.3) is 5.91 Å². The van der Waals surface area contributed by atoms with E-state index >= 15 is 0 Å². The molecular formula is C32H33ClN4O3S. The van der Waals surface area contributed by atoms with Gasteiger partial charge in [0.15, 0.2) is 5.65 Å². The first-order valence-corrected chi connectivity index (χ1v) is 15.8. The second-order valence-corrected chi connectivity index (χ2v) is 12.7. The Hall–Kier alpha value is -3.75. The average Bonchev–Trinajstić information content (AvgIpc) is 3.26. The van der Waals surface area contributed by atoms with Gasteiger partial charge in [-0.15, -0.1) is 0 Å². The van der Waals surface area contributed by atoms with Gasteiger partial charge in [-0.25, -0.2) is 18.4 Å². The summed E-state index contributed by atoms with van der Waals surface area (Å²) < 4.78 is 30.6. The molecule has 0 aliphatic heterocycles. The number of carbonyl (C=O) groups excluding carboxylic acids is 1. The van der Waals surface area contributed by atoms with Crippen molar-refractivity contribution in [2.75, 3.05) is 5.32 Å². The monoisotopic (exact) mass is 588 g/mol. The van der Waals surface area contributed by atoms with Crippen LogP contribution in [0.2, 0.25) is 5.02 Å². The summed E-state index contributed by atoms with van der Waals surface area (Å²) in [6.45, 7) is 6.67. The van der Waals surface area contributed by atoms with E-state index in [4.69, 9.17) is 21.6 Å². The Morgan fingerprint density at radius 2 is 1.61 bits per heavy atom. The molecular weight excluding hydrogens is 556 g/mol. The van der Waals surface area contributed by atoms with Crippen LogP contribution in [0.25, 0.3) is 22.2 Å². The highest BCUT2D eigenvalue weighted by molar-refractivity contribution is 7.92. The van der Waals surface area contributed by atoms with Gasteiger partial charge in [-0.05, 0) is 67.8 Å². The van der Waals surface area contributed by atoms with Crippen LogP contribution in [-0.2, 0) is 16.4 Å². The van der Waals surface area contributed by atoms with Crippen molar-refractivity contribution in [1.29, 1.82) is 0 Å². The molecule has 0 saturated carbocycles. The van der Waals surface area contributed by atoms with E-state index in [1.165, 1.54) is 0 Å². The summed E-state index contributed by atoms with van der Waals surface area (Å²) in [5.74, 6) is -0.0250. The molecule has 9 heteroatoms. The molecule has 7 nitrogen and oxygen atoms in total. The van der Waals surface area contributed by atoms with E-state index in [0.29, 0.717) is 33.8 Å². The van der Waals surface area contributed by atoms with Crippen molar-refractivity contribution >= 4 is 55.4 Å². The number of sulfone groups is 1. The molecule has 5 rings (SSSR count). The molecule has 1 atom stereocenters.